The molecule has 1 aromatic carbocycles. The number of aromatic nitrogens is 3. The van der Waals surface area contributed by atoms with E-state index in [0.717, 1.165) is 12.8 Å². The van der Waals surface area contributed by atoms with Crippen LogP contribution in [-0.4, -0.2) is 51.6 Å². The van der Waals surface area contributed by atoms with Crippen LogP contribution in [0.2, 0.25) is 0 Å². The van der Waals surface area contributed by atoms with Crippen LogP contribution in [0, 0.1) is 18.7 Å². The lowest BCUT2D eigenvalue weighted by Crippen LogP contribution is -2.39. The Morgan fingerprint density at radius 3 is 2.75 bits per heavy atom. The van der Waals surface area contributed by atoms with Gasteiger partial charge in [0.1, 0.15) is 35.3 Å². The number of carbonyl (C=O) groups excluding carboxylic acids is 2. The van der Waals surface area contributed by atoms with Gasteiger partial charge in [-0.15, -0.1) is 0 Å². The molecule has 2 heterocycles. The summed E-state index contributed by atoms with van der Waals surface area (Å²) in [5.41, 5.74) is 2.52. The molecule has 5 rings (SSSR count). The number of aromatic amines is 1. The van der Waals surface area contributed by atoms with Crippen molar-refractivity contribution in [1.29, 1.82) is 0 Å². The third-order valence-electron chi connectivity index (χ3n) is 6.85. The van der Waals surface area contributed by atoms with Crippen LogP contribution in [0.3, 0.4) is 0 Å². The highest BCUT2D eigenvalue weighted by Crippen LogP contribution is 2.37. The minimum atomic E-state index is -1.27. The van der Waals surface area contributed by atoms with Gasteiger partial charge < -0.3 is 20.4 Å². The lowest BCUT2D eigenvalue weighted by molar-refractivity contribution is -0.121. The summed E-state index contributed by atoms with van der Waals surface area (Å²) in [4.78, 5) is 36.8. The van der Waals surface area contributed by atoms with Crippen molar-refractivity contribution in [2.24, 2.45) is 5.92 Å². The van der Waals surface area contributed by atoms with Crippen LogP contribution in [0.25, 0.3) is 22.3 Å². The van der Waals surface area contributed by atoms with Crippen LogP contribution in [0.1, 0.15) is 55.1 Å². The predicted molar refractivity (Wildman–Crippen MR) is 130 cm³/mol. The summed E-state index contributed by atoms with van der Waals surface area (Å²) >= 11 is 0. The van der Waals surface area contributed by atoms with Crippen molar-refractivity contribution in [2.75, 3.05) is 6.61 Å². The number of fused-ring (bicyclic) bond motifs is 1. The summed E-state index contributed by atoms with van der Waals surface area (Å²) in [5, 5.41) is 5.57. The molecule has 2 aromatic heterocycles. The van der Waals surface area contributed by atoms with Crippen LogP contribution >= 0.6 is 0 Å². The van der Waals surface area contributed by atoms with E-state index in [-0.39, 0.29) is 23.9 Å². The number of hydrogen-bond donors (Lipinski definition) is 3. The monoisotopic (exact) mass is 497 g/mol. The van der Waals surface area contributed by atoms with E-state index >= 15 is 0 Å². The Hall–Kier alpha value is -3.56. The van der Waals surface area contributed by atoms with E-state index in [1.807, 2.05) is 0 Å². The molecule has 2 amide bonds. The maximum atomic E-state index is 14.7. The first-order valence-corrected chi connectivity index (χ1v) is 12.3. The summed E-state index contributed by atoms with van der Waals surface area (Å²) in [5.74, 6) is -0.0255. The van der Waals surface area contributed by atoms with Gasteiger partial charge in [0, 0.05) is 30.1 Å². The number of ether oxygens (including phenoxy) is 1. The van der Waals surface area contributed by atoms with E-state index in [9.17, 15) is 18.4 Å². The second-order valence-electron chi connectivity index (χ2n) is 9.65. The lowest BCUT2D eigenvalue weighted by Gasteiger charge is -2.15. The standard InChI is InChI=1S/C26H29F2N5O3/c1-3-21(34)32-16-9-18(28)19(10-16)33-26(35)22-13(2)31-25-23(29-12-30-24(22)25)17-8-15(27)6-7-20(17)36-11-14-4-5-14/h6-8,12,14,16,18-19,31H,3-5,9-11H2,1-2H3,(H,32,34)(H,33,35). The molecule has 190 valence electrons. The van der Waals surface area contributed by atoms with E-state index in [2.05, 4.69) is 25.6 Å². The fraction of sp³-hybridized carbons (Fsp3) is 0.462. The van der Waals surface area contributed by atoms with Gasteiger partial charge in [-0.2, -0.15) is 0 Å². The van der Waals surface area contributed by atoms with Crippen molar-refractivity contribution in [3.8, 4) is 17.0 Å². The Bertz CT molecular complexity index is 1310. The van der Waals surface area contributed by atoms with Crippen LogP contribution in [0.5, 0.6) is 5.75 Å². The molecule has 0 radical (unpaired) electrons. The molecule has 2 saturated carbocycles. The van der Waals surface area contributed by atoms with E-state index in [1.165, 1.54) is 18.5 Å². The van der Waals surface area contributed by atoms with Gasteiger partial charge in [-0.1, -0.05) is 6.92 Å². The van der Waals surface area contributed by atoms with E-state index in [4.69, 9.17) is 4.74 Å². The zero-order valence-electron chi connectivity index (χ0n) is 20.2. The molecule has 0 spiro atoms. The molecular weight excluding hydrogens is 468 g/mol. The summed E-state index contributed by atoms with van der Waals surface area (Å²) < 4.78 is 34.8. The molecule has 8 nitrogen and oxygen atoms in total. The van der Waals surface area contributed by atoms with Crippen molar-refractivity contribution in [1.82, 2.24) is 25.6 Å². The number of rotatable bonds is 8. The Kier molecular flexibility index (Phi) is 6.59. The summed E-state index contributed by atoms with van der Waals surface area (Å²) in [6, 6.07) is 3.23. The molecule has 2 aliphatic rings. The van der Waals surface area contributed by atoms with Gasteiger partial charge >= 0.3 is 0 Å². The van der Waals surface area contributed by atoms with Crippen molar-refractivity contribution in [3.05, 3.63) is 41.6 Å². The molecule has 3 atom stereocenters. The molecule has 2 aliphatic carbocycles. The van der Waals surface area contributed by atoms with Crippen LogP contribution < -0.4 is 15.4 Å². The number of nitrogens with zero attached hydrogens (tertiary/aromatic N) is 2. The van der Waals surface area contributed by atoms with Gasteiger partial charge in [0.25, 0.3) is 5.91 Å². The average Bonchev–Trinajstić information content (AvgIpc) is 3.53. The predicted octanol–water partition coefficient (Wildman–Crippen LogP) is 3.99. The van der Waals surface area contributed by atoms with Gasteiger partial charge in [-0.3, -0.25) is 9.59 Å². The molecule has 3 aromatic rings. The second kappa shape index (κ2) is 9.83. The third kappa shape index (κ3) is 4.89. The maximum absolute atomic E-state index is 14.7. The molecule has 0 bridgehead atoms. The first kappa shape index (κ1) is 24.1. The van der Waals surface area contributed by atoms with E-state index in [0.29, 0.717) is 59.1 Å². The van der Waals surface area contributed by atoms with Crippen LogP contribution in [0.4, 0.5) is 8.78 Å². The Balaban J connectivity index is 1.42. The average molecular weight is 498 g/mol. The van der Waals surface area contributed by atoms with Crippen molar-refractivity contribution in [2.45, 2.75) is 64.2 Å². The highest BCUT2D eigenvalue weighted by Gasteiger charge is 2.37. The van der Waals surface area contributed by atoms with Crippen molar-refractivity contribution in [3.63, 3.8) is 0 Å². The first-order valence-electron chi connectivity index (χ1n) is 12.3. The summed E-state index contributed by atoms with van der Waals surface area (Å²) in [6.07, 6.45) is 3.07. The normalized spacial score (nSPS) is 21.5. The Morgan fingerprint density at radius 2 is 2.00 bits per heavy atom. The van der Waals surface area contributed by atoms with Crippen LogP contribution in [-0.2, 0) is 4.79 Å². The fourth-order valence-corrected chi connectivity index (χ4v) is 4.73. The first-order chi connectivity index (χ1) is 17.3. The fourth-order valence-electron chi connectivity index (χ4n) is 4.73. The Labute approximate surface area is 207 Å². The molecular formula is C26H29F2N5O3. The number of aryl methyl sites for hydroxylation is 1. The van der Waals surface area contributed by atoms with Gasteiger partial charge in [-0.05, 0) is 50.3 Å². The maximum Gasteiger partial charge on any atom is 0.255 e. The highest BCUT2D eigenvalue weighted by atomic mass is 19.1. The summed E-state index contributed by atoms with van der Waals surface area (Å²) in [6.45, 7) is 4.01. The molecule has 10 heteroatoms. The minimum absolute atomic E-state index is 0.145. The largest absolute Gasteiger partial charge is 0.493 e. The van der Waals surface area contributed by atoms with E-state index < -0.39 is 23.9 Å². The topological polar surface area (TPSA) is 109 Å². The number of nitrogens with one attached hydrogen (secondary N) is 3. The minimum Gasteiger partial charge on any atom is -0.493 e. The molecule has 2 fully saturated rings. The zero-order chi connectivity index (χ0) is 25.4. The van der Waals surface area contributed by atoms with E-state index in [1.54, 1.807) is 19.9 Å². The molecule has 0 saturated heterocycles. The van der Waals surface area contributed by atoms with Crippen molar-refractivity contribution < 1.29 is 23.1 Å². The molecule has 3 unspecified atom stereocenters. The second-order valence-corrected chi connectivity index (χ2v) is 9.65. The van der Waals surface area contributed by atoms with Gasteiger partial charge in [0.15, 0.2) is 0 Å². The number of H-pyrrole nitrogens is 1. The number of benzene rings is 1. The van der Waals surface area contributed by atoms with Gasteiger partial charge in [0.2, 0.25) is 5.91 Å². The van der Waals surface area contributed by atoms with Crippen molar-refractivity contribution >= 4 is 22.8 Å². The lowest BCUT2D eigenvalue weighted by atomic mass is 10.1. The number of carbonyl (C=O) groups is 2. The third-order valence-corrected chi connectivity index (χ3v) is 6.85. The number of amides is 2. The molecule has 36 heavy (non-hydrogen) atoms. The highest BCUT2D eigenvalue weighted by molar-refractivity contribution is 6.09. The number of halogens is 2. The summed E-state index contributed by atoms with van der Waals surface area (Å²) in [7, 11) is 0. The molecule has 0 aliphatic heterocycles. The SMILES string of the molecule is CCC(=O)NC1CC(F)C(NC(=O)c2c(C)[nH]c3c(-c4cc(F)ccc4OCC4CC4)ncnc23)C1. The van der Waals surface area contributed by atoms with Gasteiger partial charge in [-0.25, -0.2) is 18.7 Å². The smallest absolute Gasteiger partial charge is 0.255 e. The Morgan fingerprint density at radius 1 is 1.19 bits per heavy atom. The van der Waals surface area contributed by atoms with Gasteiger partial charge in [0.05, 0.1) is 23.7 Å². The number of alkyl halides is 1. The zero-order valence-corrected chi connectivity index (χ0v) is 20.2. The van der Waals surface area contributed by atoms with Crippen LogP contribution in [0.15, 0.2) is 24.5 Å². The molecule has 3 N–H and O–H groups in total. The quantitative estimate of drug-likeness (QED) is 0.436. The number of hydrogen-bond acceptors (Lipinski definition) is 5.